The second kappa shape index (κ2) is 10.1. The number of hydrogen-bond acceptors (Lipinski definition) is 5. The topological polar surface area (TPSA) is 113 Å². The van der Waals surface area contributed by atoms with Gasteiger partial charge < -0.3 is 20.1 Å². The summed E-state index contributed by atoms with van der Waals surface area (Å²) < 4.78 is 0. The van der Waals surface area contributed by atoms with Crippen molar-refractivity contribution in [2.75, 3.05) is 25.5 Å². The summed E-state index contributed by atoms with van der Waals surface area (Å²) in [6, 6.07) is 10.5. The summed E-state index contributed by atoms with van der Waals surface area (Å²) in [5.74, 6) is -0.735. The maximum Gasteiger partial charge on any atom is 0.270 e. The Morgan fingerprint density at radius 1 is 1.25 bits per heavy atom. The normalized spacial score (nSPS) is 23.1. The second-order valence-electron chi connectivity index (χ2n) is 13.1. The molecule has 9 nitrogen and oxygen atoms in total. The number of carbonyl (C=O) groups is 3. The average Bonchev–Trinajstić information content (AvgIpc) is 3.59. The molecule has 4 heterocycles. The summed E-state index contributed by atoms with van der Waals surface area (Å²) in [5.41, 5.74) is 2.98. The quantitative estimate of drug-likeness (QED) is 0.597. The summed E-state index contributed by atoms with van der Waals surface area (Å²) in [4.78, 5) is 50.1. The van der Waals surface area contributed by atoms with Crippen molar-refractivity contribution in [3.05, 3.63) is 52.8 Å². The highest BCUT2D eigenvalue weighted by molar-refractivity contribution is 6.07. The number of likely N-dealkylation sites (tertiary alicyclic amines) is 1. The molecule has 1 aromatic carbocycles. The summed E-state index contributed by atoms with van der Waals surface area (Å²) in [7, 11) is 1.67. The molecule has 212 valence electrons. The van der Waals surface area contributed by atoms with E-state index in [9.17, 15) is 19.6 Å². The number of likely N-dealkylation sites (N-methyl/N-ethyl adjacent to an activating group) is 1. The van der Waals surface area contributed by atoms with Gasteiger partial charge in [-0.3, -0.25) is 19.3 Å². The molecule has 2 aromatic rings. The first kappa shape index (κ1) is 27.9. The molecular weight excluding hydrogens is 504 g/mol. The Bertz CT molecular complexity index is 1380. The van der Waals surface area contributed by atoms with E-state index >= 15 is 0 Å². The predicted molar refractivity (Wildman–Crippen MR) is 152 cm³/mol. The van der Waals surface area contributed by atoms with E-state index in [-0.39, 0.29) is 36.1 Å². The summed E-state index contributed by atoms with van der Waals surface area (Å²) >= 11 is 0. The van der Waals surface area contributed by atoms with E-state index in [4.69, 9.17) is 0 Å². The molecule has 5 rings (SSSR count). The van der Waals surface area contributed by atoms with E-state index in [1.54, 1.807) is 7.05 Å². The van der Waals surface area contributed by atoms with Gasteiger partial charge in [0.05, 0.1) is 11.5 Å². The van der Waals surface area contributed by atoms with Gasteiger partial charge in [-0.25, -0.2) is 0 Å². The summed E-state index contributed by atoms with van der Waals surface area (Å²) in [6.07, 6.45) is 1.52. The lowest BCUT2D eigenvalue weighted by Gasteiger charge is -2.35. The fourth-order valence-corrected chi connectivity index (χ4v) is 6.49. The Kier molecular flexibility index (Phi) is 7.03. The number of carbonyl (C=O) groups excluding carboxylic acids is 3. The average molecular weight is 545 g/mol. The number of aromatic nitrogens is 1. The number of nitrogens with one attached hydrogen (secondary N) is 2. The van der Waals surface area contributed by atoms with Crippen LogP contribution in [0.4, 0.5) is 5.69 Å². The second-order valence-corrected chi connectivity index (χ2v) is 13.1. The molecule has 40 heavy (non-hydrogen) atoms. The van der Waals surface area contributed by atoms with Crippen LogP contribution in [0.15, 0.2) is 30.3 Å². The van der Waals surface area contributed by atoms with E-state index in [2.05, 4.69) is 35.1 Å². The largest absolute Gasteiger partial charge is 0.353 e. The first-order valence-electron chi connectivity index (χ1n) is 14.2. The number of nitriles is 1. The molecule has 3 atom stereocenters. The molecule has 0 saturated carbocycles. The lowest BCUT2D eigenvalue weighted by molar-refractivity contribution is -0.137. The van der Waals surface area contributed by atoms with Crippen LogP contribution < -0.4 is 5.32 Å². The van der Waals surface area contributed by atoms with Crippen molar-refractivity contribution in [3.8, 4) is 6.07 Å². The number of H-pyrrole nitrogens is 1. The summed E-state index contributed by atoms with van der Waals surface area (Å²) in [5, 5.41) is 13.0. The van der Waals surface area contributed by atoms with Crippen LogP contribution in [0, 0.1) is 16.7 Å². The number of anilines is 1. The number of rotatable bonds is 5. The molecule has 1 fully saturated rings. The van der Waals surface area contributed by atoms with E-state index < -0.39 is 17.5 Å². The number of aromatic amines is 1. The maximum absolute atomic E-state index is 14.3. The van der Waals surface area contributed by atoms with Crippen molar-refractivity contribution in [3.63, 3.8) is 0 Å². The van der Waals surface area contributed by atoms with E-state index in [0.29, 0.717) is 18.2 Å². The van der Waals surface area contributed by atoms with Gasteiger partial charge in [0.15, 0.2) is 0 Å². The number of amides is 3. The predicted octanol–water partition coefficient (Wildman–Crippen LogP) is 3.67. The number of hydrogen-bond donors (Lipinski definition) is 2. The lowest BCUT2D eigenvalue weighted by Crippen LogP contribution is -2.52. The fraction of sp³-hybridized carbons (Fsp3) is 0.548. The van der Waals surface area contributed by atoms with Crippen LogP contribution in [0.25, 0.3) is 0 Å². The number of benzene rings is 1. The third-order valence-corrected chi connectivity index (χ3v) is 8.78. The van der Waals surface area contributed by atoms with Gasteiger partial charge in [0.2, 0.25) is 11.8 Å². The molecule has 1 aromatic heterocycles. The third-order valence-electron chi connectivity index (χ3n) is 8.78. The van der Waals surface area contributed by atoms with Crippen LogP contribution in [0.3, 0.4) is 0 Å². The Labute approximate surface area is 236 Å². The highest BCUT2D eigenvalue weighted by Crippen LogP contribution is 2.46. The minimum atomic E-state index is -0.970. The van der Waals surface area contributed by atoms with Gasteiger partial charge in [-0.2, -0.15) is 5.26 Å². The van der Waals surface area contributed by atoms with Crippen molar-refractivity contribution in [1.29, 1.82) is 5.26 Å². The first-order chi connectivity index (χ1) is 18.8. The summed E-state index contributed by atoms with van der Waals surface area (Å²) in [6.45, 7) is 12.3. The Morgan fingerprint density at radius 3 is 2.65 bits per heavy atom. The highest BCUT2D eigenvalue weighted by Gasteiger charge is 2.56. The molecule has 0 radical (unpaired) electrons. The van der Waals surface area contributed by atoms with Gasteiger partial charge >= 0.3 is 0 Å². The van der Waals surface area contributed by atoms with Crippen LogP contribution in [0.1, 0.15) is 74.8 Å². The minimum absolute atomic E-state index is 0.109. The van der Waals surface area contributed by atoms with Gasteiger partial charge in [0.1, 0.15) is 17.8 Å². The SMILES string of the molecule is CC(C)N1CCc2cc(C(=O)N(C)[C@@H](CC(C)(C)C)C(=O)N3C[C@]4(C[C@H]3C#N)C(=O)Nc3ccccc34)[nH]c2C1. The number of nitrogens with zero attached hydrogens (tertiary/aromatic N) is 4. The van der Waals surface area contributed by atoms with E-state index in [1.807, 2.05) is 51.1 Å². The molecule has 3 aliphatic heterocycles. The minimum Gasteiger partial charge on any atom is -0.353 e. The van der Waals surface area contributed by atoms with E-state index in [1.165, 1.54) is 9.80 Å². The van der Waals surface area contributed by atoms with Crippen molar-refractivity contribution >= 4 is 23.4 Å². The van der Waals surface area contributed by atoms with Crippen LogP contribution >= 0.6 is 0 Å². The zero-order valence-corrected chi connectivity index (χ0v) is 24.4. The van der Waals surface area contributed by atoms with Crippen molar-refractivity contribution in [2.24, 2.45) is 5.41 Å². The Balaban J connectivity index is 1.43. The van der Waals surface area contributed by atoms with Gasteiger partial charge in [0, 0.05) is 50.5 Å². The van der Waals surface area contributed by atoms with Gasteiger partial charge in [-0.15, -0.1) is 0 Å². The zero-order valence-electron chi connectivity index (χ0n) is 24.4. The van der Waals surface area contributed by atoms with Crippen molar-refractivity contribution < 1.29 is 14.4 Å². The van der Waals surface area contributed by atoms with Crippen LogP contribution in [0.2, 0.25) is 0 Å². The van der Waals surface area contributed by atoms with Gasteiger partial charge in [0.25, 0.3) is 5.91 Å². The zero-order chi connectivity index (χ0) is 29.0. The lowest BCUT2D eigenvalue weighted by atomic mass is 9.80. The smallest absolute Gasteiger partial charge is 0.270 e. The van der Waals surface area contributed by atoms with Crippen LogP contribution in [-0.4, -0.2) is 75.7 Å². The monoisotopic (exact) mass is 544 g/mol. The molecule has 0 unspecified atom stereocenters. The van der Waals surface area contributed by atoms with Crippen molar-refractivity contribution in [2.45, 2.75) is 84.0 Å². The first-order valence-corrected chi connectivity index (χ1v) is 14.2. The Hall–Kier alpha value is -3.64. The van der Waals surface area contributed by atoms with Crippen LogP contribution in [-0.2, 0) is 28.0 Å². The van der Waals surface area contributed by atoms with E-state index in [0.717, 1.165) is 42.0 Å². The van der Waals surface area contributed by atoms with Gasteiger partial charge in [-0.05, 0) is 55.4 Å². The molecule has 3 aliphatic rings. The molecule has 1 saturated heterocycles. The standard InChI is InChI=1S/C31H40N6O3/c1-19(2)36-12-11-20-13-24(33-25(20)17-36)27(38)35(6)26(15-30(3,4)5)28(39)37-18-31(14-21(37)16-32)22-9-7-8-10-23(22)34-29(31)40/h7-10,13,19,21,26,33H,11-12,14-15,17-18H2,1-6H3,(H,34,40)/t21-,26-,31-/m0/s1. The van der Waals surface area contributed by atoms with Crippen LogP contribution in [0.5, 0.6) is 0 Å². The molecule has 2 N–H and O–H groups in total. The molecule has 0 bridgehead atoms. The van der Waals surface area contributed by atoms with Gasteiger partial charge in [-0.1, -0.05) is 39.0 Å². The Morgan fingerprint density at radius 2 is 1.98 bits per heavy atom. The maximum atomic E-state index is 14.3. The third kappa shape index (κ3) is 4.79. The van der Waals surface area contributed by atoms with Crippen molar-refractivity contribution in [1.82, 2.24) is 19.7 Å². The molecule has 0 aliphatic carbocycles. The number of fused-ring (bicyclic) bond motifs is 3. The molecule has 3 amide bonds. The molecular formula is C31H40N6O3. The molecule has 1 spiro atoms. The molecule has 9 heteroatoms. The fourth-order valence-electron chi connectivity index (χ4n) is 6.49. The number of para-hydroxylation sites is 1. The highest BCUT2D eigenvalue weighted by atomic mass is 16.2.